The lowest BCUT2D eigenvalue weighted by molar-refractivity contribution is 0.00540. The summed E-state index contributed by atoms with van der Waals surface area (Å²) in [5.74, 6) is 7.02. The number of allylic oxidation sites excluding steroid dienone is 1. The molecule has 33 heavy (non-hydrogen) atoms. The Labute approximate surface area is 204 Å². The molecule has 2 heteroatoms. The quantitative estimate of drug-likeness (QED) is 0.333. The van der Waals surface area contributed by atoms with Crippen LogP contribution in [-0.2, 0) is 4.74 Å². The molecule has 4 aliphatic rings. The summed E-state index contributed by atoms with van der Waals surface area (Å²) in [6.07, 6.45) is 29.8. The van der Waals surface area contributed by atoms with Crippen molar-refractivity contribution in [2.24, 2.45) is 41.4 Å². The highest BCUT2D eigenvalue weighted by Crippen LogP contribution is 2.48. The molecule has 0 aromatic heterocycles. The molecule has 190 valence electrons. The SMILES string of the molecule is CCCOC1CCC(C2CCC(C3CCC(C4CCC(CC/C=C/F)CC4)CC3)CC2)CC1. The van der Waals surface area contributed by atoms with Gasteiger partial charge in [0.1, 0.15) is 0 Å². The van der Waals surface area contributed by atoms with Gasteiger partial charge in [-0.15, -0.1) is 0 Å². The molecule has 0 radical (unpaired) electrons. The van der Waals surface area contributed by atoms with Gasteiger partial charge in [-0.05, 0) is 151 Å². The lowest BCUT2D eigenvalue weighted by atomic mass is 9.63. The van der Waals surface area contributed by atoms with Gasteiger partial charge in [-0.1, -0.05) is 25.8 Å². The normalized spacial score (nSPS) is 40.8. The van der Waals surface area contributed by atoms with Crippen LogP contribution in [0.25, 0.3) is 0 Å². The Morgan fingerprint density at radius 2 is 1.00 bits per heavy atom. The standard InChI is InChI=1S/C31H53FO/c1-2-23-33-31-20-18-30(19-21-31)29-16-14-28(15-17-29)27-12-10-26(11-13-27)25-8-6-24(7-9-25)5-3-4-22-32/h4,22,24-31H,2-3,5-21,23H2,1H3/b22-4+. The fourth-order valence-corrected chi connectivity index (χ4v) is 8.53. The summed E-state index contributed by atoms with van der Waals surface area (Å²) in [6.45, 7) is 3.18. The van der Waals surface area contributed by atoms with Gasteiger partial charge in [0.25, 0.3) is 0 Å². The summed E-state index contributed by atoms with van der Waals surface area (Å²) in [4.78, 5) is 0. The van der Waals surface area contributed by atoms with Gasteiger partial charge in [-0.2, -0.15) is 0 Å². The molecule has 0 aromatic rings. The zero-order valence-corrected chi connectivity index (χ0v) is 21.7. The van der Waals surface area contributed by atoms with Crippen molar-refractivity contribution >= 4 is 0 Å². The molecular weight excluding hydrogens is 407 g/mol. The van der Waals surface area contributed by atoms with Crippen molar-refractivity contribution in [2.45, 2.75) is 135 Å². The van der Waals surface area contributed by atoms with Crippen molar-refractivity contribution in [1.29, 1.82) is 0 Å². The molecule has 4 aliphatic carbocycles. The van der Waals surface area contributed by atoms with Crippen molar-refractivity contribution in [3.8, 4) is 0 Å². The smallest absolute Gasteiger partial charge is 0.0827 e. The summed E-state index contributed by atoms with van der Waals surface area (Å²) in [5, 5.41) is 0. The van der Waals surface area contributed by atoms with Gasteiger partial charge in [-0.3, -0.25) is 0 Å². The number of halogens is 1. The third-order valence-electron chi connectivity index (χ3n) is 10.6. The summed E-state index contributed by atoms with van der Waals surface area (Å²) >= 11 is 0. The van der Waals surface area contributed by atoms with Crippen LogP contribution in [0.5, 0.6) is 0 Å². The zero-order valence-electron chi connectivity index (χ0n) is 21.7. The van der Waals surface area contributed by atoms with E-state index in [-0.39, 0.29) is 0 Å². The molecule has 0 spiro atoms. The third-order valence-corrected chi connectivity index (χ3v) is 10.6. The Hall–Kier alpha value is -0.370. The Balaban J connectivity index is 1.10. The average molecular weight is 461 g/mol. The average Bonchev–Trinajstić information content (AvgIpc) is 2.89. The molecule has 4 saturated carbocycles. The molecule has 0 aromatic carbocycles. The van der Waals surface area contributed by atoms with Gasteiger partial charge in [-0.25, -0.2) is 4.39 Å². The molecule has 0 heterocycles. The van der Waals surface area contributed by atoms with Gasteiger partial charge in [0.15, 0.2) is 0 Å². The van der Waals surface area contributed by atoms with Crippen LogP contribution in [0, 0.1) is 41.4 Å². The first-order chi connectivity index (χ1) is 16.3. The molecule has 0 bridgehead atoms. The molecule has 1 nitrogen and oxygen atoms in total. The van der Waals surface area contributed by atoms with Crippen molar-refractivity contribution in [3.05, 3.63) is 12.4 Å². The van der Waals surface area contributed by atoms with Crippen LogP contribution in [0.2, 0.25) is 0 Å². The second-order valence-corrected chi connectivity index (χ2v) is 12.5. The van der Waals surface area contributed by atoms with E-state index in [2.05, 4.69) is 6.92 Å². The van der Waals surface area contributed by atoms with Crippen molar-refractivity contribution in [2.75, 3.05) is 6.61 Å². The maximum atomic E-state index is 12.2. The number of ether oxygens (including phenoxy) is 1. The molecular formula is C31H53FO. The minimum absolute atomic E-state index is 0.571. The minimum atomic E-state index is 0.571. The Kier molecular flexibility index (Phi) is 10.6. The molecule has 0 saturated heterocycles. The third kappa shape index (κ3) is 7.55. The molecule has 0 unspecified atom stereocenters. The summed E-state index contributed by atoms with van der Waals surface area (Å²) in [6, 6.07) is 0. The van der Waals surface area contributed by atoms with Crippen LogP contribution < -0.4 is 0 Å². The predicted molar refractivity (Wildman–Crippen MR) is 138 cm³/mol. The second-order valence-electron chi connectivity index (χ2n) is 12.5. The predicted octanol–water partition coefficient (Wildman–Crippen LogP) is 9.65. The van der Waals surface area contributed by atoms with Gasteiger partial charge >= 0.3 is 0 Å². The first-order valence-electron chi connectivity index (χ1n) is 15.1. The van der Waals surface area contributed by atoms with E-state index in [1.807, 2.05) is 0 Å². The fourth-order valence-electron chi connectivity index (χ4n) is 8.53. The highest BCUT2D eigenvalue weighted by Gasteiger charge is 2.36. The number of hydrogen-bond donors (Lipinski definition) is 0. The maximum absolute atomic E-state index is 12.2. The second kappa shape index (κ2) is 13.6. The van der Waals surface area contributed by atoms with Gasteiger partial charge in [0.05, 0.1) is 12.4 Å². The van der Waals surface area contributed by atoms with E-state index in [0.29, 0.717) is 6.10 Å². The number of hydrogen-bond acceptors (Lipinski definition) is 1. The van der Waals surface area contributed by atoms with Crippen molar-refractivity contribution in [1.82, 2.24) is 0 Å². The maximum Gasteiger partial charge on any atom is 0.0827 e. The highest BCUT2D eigenvalue weighted by atomic mass is 19.1. The lowest BCUT2D eigenvalue weighted by Gasteiger charge is -2.43. The molecule has 4 fully saturated rings. The molecule has 4 rings (SSSR count). The van der Waals surface area contributed by atoms with Gasteiger partial charge in [0.2, 0.25) is 0 Å². The summed E-state index contributed by atoms with van der Waals surface area (Å²) < 4.78 is 18.2. The minimum Gasteiger partial charge on any atom is -0.378 e. The van der Waals surface area contributed by atoms with Gasteiger partial charge < -0.3 is 4.74 Å². The zero-order chi connectivity index (χ0) is 22.9. The van der Waals surface area contributed by atoms with Crippen LogP contribution >= 0.6 is 0 Å². The molecule has 0 amide bonds. The van der Waals surface area contributed by atoms with E-state index in [1.54, 1.807) is 6.08 Å². The van der Waals surface area contributed by atoms with E-state index in [9.17, 15) is 4.39 Å². The Bertz CT molecular complexity index is 541. The van der Waals surface area contributed by atoms with E-state index < -0.39 is 0 Å². The Morgan fingerprint density at radius 3 is 1.39 bits per heavy atom. The lowest BCUT2D eigenvalue weighted by Crippen LogP contribution is -2.32. The first-order valence-corrected chi connectivity index (χ1v) is 15.1. The molecule has 0 atom stereocenters. The fraction of sp³-hybridized carbons (Fsp3) is 0.935. The van der Waals surface area contributed by atoms with E-state index in [1.165, 1.54) is 109 Å². The monoisotopic (exact) mass is 460 g/mol. The summed E-state index contributed by atoms with van der Waals surface area (Å²) in [5.41, 5.74) is 0. The first kappa shape index (κ1) is 25.7. The van der Waals surface area contributed by atoms with Gasteiger partial charge in [0, 0.05) is 6.61 Å². The van der Waals surface area contributed by atoms with Crippen molar-refractivity contribution in [3.63, 3.8) is 0 Å². The summed E-state index contributed by atoms with van der Waals surface area (Å²) in [7, 11) is 0. The molecule has 0 N–H and O–H groups in total. The van der Waals surface area contributed by atoms with E-state index >= 15 is 0 Å². The highest BCUT2D eigenvalue weighted by molar-refractivity contribution is 4.88. The molecule has 0 aliphatic heterocycles. The van der Waals surface area contributed by atoms with Crippen LogP contribution in [-0.4, -0.2) is 12.7 Å². The Morgan fingerprint density at radius 1 is 0.606 bits per heavy atom. The topological polar surface area (TPSA) is 9.23 Å². The number of rotatable bonds is 9. The largest absolute Gasteiger partial charge is 0.378 e. The van der Waals surface area contributed by atoms with Crippen molar-refractivity contribution < 1.29 is 9.13 Å². The van der Waals surface area contributed by atoms with Crippen LogP contribution in [0.1, 0.15) is 129 Å². The van der Waals surface area contributed by atoms with Crippen LogP contribution in [0.15, 0.2) is 12.4 Å². The van der Waals surface area contributed by atoms with Crippen LogP contribution in [0.4, 0.5) is 4.39 Å². The van der Waals surface area contributed by atoms with E-state index in [0.717, 1.165) is 67.2 Å². The van der Waals surface area contributed by atoms with E-state index in [4.69, 9.17) is 4.74 Å². The van der Waals surface area contributed by atoms with Crippen LogP contribution in [0.3, 0.4) is 0 Å².